The van der Waals surface area contributed by atoms with Crippen LogP contribution in [0.2, 0.25) is 0 Å². The smallest absolute Gasteiger partial charge is 0.238 e. The molecule has 4 nitrogen and oxygen atoms in total. The maximum atomic E-state index is 13.0. The number of allylic oxidation sites excluding steroid dienone is 2. The molecule has 0 unspecified atom stereocenters. The van der Waals surface area contributed by atoms with Gasteiger partial charge in [-0.15, -0.1) is 0 Å². The summed E-state index contributed by atoms with van der Waals surface area (Å²) in [6.07, 6.45) is 5.16. The molecule has 2 amide bonds. The molecule has 1 aliphatic heterocycles. The number of anilines is 1. The van der Waals surface area contributed by atoms with Crippen molar-refractivity contribution in [3.8, 4) is 22.6 Å². The minimum Gasteiger partial charge on any atom is -0.457 e. The van der Waals surface area contributed by atoms with E-state index < -0.39 is 0 Å². The summed E-state index contributed by atoms with van der Waals surface area (Å²) in [4.78, 5) is 27.4. The van der Waals surface area contributed by atoms with Crippen LogP contribution >= 0.6 is 0 Å². The molecule has 152 valence electrons. The van der Waals surface area contributed by atoms with Gasteiger partial charge in [-0.3, -0.25) is 14.5 Å². The van der Waals surface area contributed by atoms with Crippen LogP contribution in [0.4, 0.5) is 5.69 Å². The number of fused-ring (bicyclic) bond motifs is 5. The highest BCUT2D eigenvalue weighted by atomic mass is 16.5. The van der Waals surface area contributed by atoms with Crippen LogP contribution in [0.25, 0.3) is 11.1 Å². The summed E-state index contributed by atoms with van der Waals surface area (Å²) < 4.78 is 6.16. The molecular weight excluding hydrogens is 386 g/mol. The number of carbonyl (C=O) groups is 2. The Morgan fingerprint density at radius 1 is 0.710 bits per heavy atom. The third kappa shape index (κ3) is 2.82. The van der Waals surface area contributed by atoms with Gasteiger partial charge in [0.2, 0.25) is 11.8 Å². The Morgan fingerprint density at radius 2 is 1.32 bits per heavy atom. The van der Waals surface area contributed by atoms with Gasteiger partial charge in [-0.1, -0.05) is 60.7 Å². The van der Waals surface area contributed by atoms with Crippen LogP contribution in [0.3, 0.4) is 0 Å². The fourth-order valence-corrected chi connectivity index (χ4v) is 5.36. The number of amides is 2. The lowest BCUT2D eigenvalue weighted by Crippen LogP contribution is -2.32. The molecule has 3 aliphatic rings. The molecule has 6 rings (SSSR count). The first kappa shape index (κ1) is 18.1. The van der Waals surface area contributed by atoms with Crippen LogP contribution in [-0.4, -0.2) is 11.8 Å². The Labute approximate surface area is 180 Å². The van der Waals surface area contributed by atoms with Crippen molar-refractivity contribution >= 4 is 17.5 Å². The average Bonchev–Trinajstić information content (AvgIpc) is 3.49. The standard InChI is InChI=1S/C27H21NO3/c29-26-24-18-10-11-19(16-18)25(24)27(30)28(26)20-12-14-21(15-13-20)31-23-9-5-4-8-22(23)17-6-2-1-3-7-17/h1-15,18-19,24-25H,16H2/t18-,19+,24-,25+. The number of nitrogens with zero attached hydrogens (tertiary/aromatic N) is 1. The summed E-state index contributed by atoms with van der Waals surface area (Å²) in [5.74, 6) is 1.36. The van der Waals surface area contributed by atoms with Crippen LogP contribution in [0, 0.1) is 23.7 Å². The van der Waals surface area contributed by atoms with Crippen LogP contribution in [0.15, 0.2) is 91.0 Å². The first-order valence-corrected chi connectivity index (χ1v) is 10.7. The first-order valence-electron chi connectivity index (χ1n) is 10.7. The van der Waals surface area contributed by atoms with Gasteiger partial charge in [0.05, 0.1) is 17.5 Å². The third-order valence-electron chi connectivity index (χ3n) is 6.76. The van der Waals surface area contributed by atoms with Gasteiger partial charge in [0.15, 0.2) is 0 Å². The number of hydrogen-bond acceptors (Lipinski definition) is 3. The second kappa shape index (κ2) is 6.95. The SMILES string of the molecule is O=C1[C@@H]2[C@H](C(=O)N1c1ccc(Oc3ccccc3-c3ccccc3)cc1)[C@@H]1C=C[C@H]2C1. The number of carbonyl (C=O) groups excluding carboxylic acids is 2. The van der Waals surface area contributed by atoms with E-state index in [1.807, 2.05) is 54.6 Å². The maximum Gasteiger partial charge on any atom is 0.238 e. The lowest BCUT2D eigenvalue weighted by atomic mass is 9.85. The van der Waals surface area contributed by atoms with Crippen molar-refractivity contribution < 1.29 is 14.3 Å². The predicted molar refractivity (Wildman–Crippen MR) is 119 cm³/mol. The van der Waals surface area contributed by atoms with Crippen LogP contribution in [-0.2, 0) is 9.59 Å². The quantitative estimate of drug-likeness (QED) is 0.426. The molecule has 31 heavy (non-hydrogen) atoms. The van der Waals surface area contributed by atoms with E-state index in [-0.39, 0.29) is 35.5 Å². The molecule has 2 fully saturated rings. The zero-order valence-electron chi connectivity index (χ0n) is 16.8. The highest BCUT2D eigenvalue weighted by Crippen LogP contribution is 2.53. The molecule has 1 saturated heterocycles. The van der Waals surface area contributed by atoms with Crippen molar-refractivity contribution in [2.24, 2.45) is 23.7 Å². The van der Waals surface area contributed by atoms with Gasteiger partial charge in [-0.05, 0) is 54.2 Å². The van der Waals surface area contributed by atoms with Crippen molar-refractivity contribution in [1.82, 2.24) is 0 Å². The first-order chi connectivity index (χ1) is 15.2. The fraction of sp³-hybridized carbons (Fsp3) is 0.185. The van der Waals surface area contributed by atoms with Crippen molar-refractivity contribution in [2.75, 3.05) is 4.90 Å². The molecule has 0 N–H and O–H groups in total. The maximum absolute atomic E-state index is 13.0. The summed E-state index contributed by atoms with van der Waals surface area (Å²) in [5, 5.41) is 0. The molecule has 1 saturated carbocycles. The van der Waals surface area contributed by atoms with E-state index in [1.54, 1.807) is 12.1 Å². The Balaban J connectivity index is 1.25. The largest absolute Gasteiger partial charge is 0.457 e. The lowest BCUT2D eigenvalue weighted by molar-refractivity contribution is -0.123. The predicted octanol–water partition coefficient (Wildman–Crippen LogP) is 5.46. The minimum absolute atomic E-state index is 0.0602. The molecule has 0 aromatic heterocycles. The summed E-state index contributed by atoms with van der Waals surface area (Å²) in [7, 11) is 0. The lowest BCUT2D eigenvalue weighted by Gasteiger charge is -2.18. The average molecular weight is 407 g/mol. The molecule has 0 spiro atoms. The van der Waals surface area contributed by atoms with Gasteiger partial charge >= 0.3 is 0 Å². The van der Waals surface area contributed by atoms with Crippen molar-refractivity contribution in [3.05, 3.63) is 91.0 Å². The molecule has 3 aromatic carbocycles. The molecular formula is C27H21NO3. The zero-order valence-corrected chi connectivity index (χ0v) is 16.8. The van der Waals surface area contributed by atoms with Crippen LogP contribution in [0.5, 0.6) is 11.5 Å². The summed E-state index contributed by atoms with van der Waals surface area (Å²) in [6, 6.07) is 25.2. The highest BCUT2D eigenvalue weighted by molar-refractivity contribution is 6.22. The van der Waals surface area contributed by atoms with Crippen molar-refractivity contribution in [1.29, 1.82) is 0 Å². The normalized spacial score (nSPS) is 25.9. The van der Waals surface area contributed by atoms with E-state index in [9.17, 15) is 9.59 Å². The number of imide groups is 1. The Kier molecular flexibility index (Phi) is 4.06. The van der Waals surface area contributed by atoms with Gasteiger partial charge in [-0.2, -0.15) is 0 Å². The fourth-order valence-electron chi connectivity index (χ4n) is 5.36. The van der Waals surface area contributed by atoms with Gasteiger partial charge in [0.25, 0.3) is 0 Å². The van der Waals surface area contributed by atoms with Crippen molar-refractivity contribution in [2.45, 2.75) is 6.42 Å². The number of rotatable bonds is 4. The molecule has 0 radical (unpaired) electrons. The van der Waals surface area contributed by atoms with E-state index in [1.165, 1.54) is 4.90 Å². The van der Waals surface area contributed by atoms with Crippen molar-refractivity contribution in [3.63, 3.8) is 0 Å². The molecule has 2 bridgehead atoms. The molecule has 1 heterocycles. The topological polar surface area (TPSA) is 46.6 Å². The number of ether oxygens (including phenoxy) is 1. The number of benzene rings is 3. The Morgan fingerprint density at radius 3 is 2.00 bits per heavy atom. The second-order valence-corrected chi connectivity index (χ2v) is 8.47. The van der Waals surface area contributed by atoms with Gasteiger partial charge < -0.3 is 4.74 Å². The highest BCUT2D eigenvalue weighted by Gasteiger charge is 2.59. The number of hydrogen-bond donors (Lipinski definition) is 0. The zero-order chi connectivity index (χ0) is 20.9. The minimum atomic E-state index is -0.184. The molecule has 3 aromatic rings. The van der Waals surface area contributed by atoms with E-state index in [0.29, 0.717) is 11.4 Å². The van der Waals surface area contributed by atoms with E-state index >= 15 is 0 Å². The second-order valence-electron chi connectivity index (χ2n) is 8.47. The monoisotopic (exact) mass is 407 g/mol. The molecule has 2 aliphatic carbocycles. The summed E-state index contributed by atoms with van der Waals surface area (Å²) >= 11 is 0. The molecule has 4 heteroatoms. The Bertz CT molecular complexity index is 1170. The molecule has 4 atom stereocenters. The number of para-hydroxylation sites is 1. The third-order valence-corrected chi connectivity index (χ3v) is 6.76. The van der Waals surface area contributed by atoms with E-state index in [2.05, 4.69) is 24.3 Å². The van der Waals surface area contributed by atoms with Crippen LogP contribution in [0.1, 0.15) is 6.42 Å². The van der Waals surface area contributed by atoms with Gasteiger partial charge in [0.1, 0.15) is 11.5 Å². The summed E-state index contributed by atoms with van der Waals surface area (Å²) in [5.41, 5.74) is 2.71. The Hall–Kier alpha value is -3.66. The van der Waals surface area contributed by atoms with E-state index in [4.69, 9.17) is 4.74 Å². The van der Waals surface area contributed by atoms with Crippen LogP contribution < -0.4 is 9.64 Å². The summed E-state index contributed by atoms with van der Waals surface area (Å²) in [6.45, 7) is 0. The van der Waals surface area contributed by atoms with E-state index in [0.717, 1.165) is 23.3 Å². The van der Waals surface area contributed by atoms with Gasteiger partial charge in [0, 0.05) is 5.56 Å². The van der Waals surface area contributed by atoms with Gasteiger partial charge in [-0.25, -0.2) is 0 Å².